The van der Waals surface area contributed by atoms with E-state index < -0.39 is 10.8 Å². The van der Waals surface area contributed by atoms with Crippen molar-refractivity contribution in [3.63, 3.8) is 0 Å². The minimum atomic E-state index is -0.722. The van der Waals surface area contributed by atoms with Crippen molar-refractivity contribution in [3.05, 3.63) is 48.0 Å². The lowest BCUT2D eigenvalue weighted by molar-refractivity contribution is 0.627. The van der Waals surface area contributed by atoms with Crippen molar-refractivity contribution in [1.82, 2.24) is 5.32 Å². The van der Waals surface area contributed by atoms with Gasteiger partial charge < -0.3 is 5.32 Å². The molecule has 0 radical (unpaired) electrons. The summed E-state index contributed by atoms with van der Waals surface area (Å²) >= 11 is 0. The molecule has 2 nitrogen and oxygen atoms in total. The molecule has 21 heavy (non-hydrogen) atoms. The second-order valence-corrected chi connectivity index (χ2v) is 7.66. The molecule has 0 aromatic heterocycles. The summed E-state index contributed by atoms with van der Waals surface area (Å²) in [7, 11) is 1.24. The fourth-order valence-corrected chi connectivity index (χ4v) is 5.04. The SMILES string of the molecule is CNC(CS(=O)C1CCCC1)c1ccc2ccccc2c1. The standard InChI is InChI=1S/C18H23NOS/c1-19-18(13-21(20)17-8-4-5-9-17)16-11-10-14-6-2-3-7-15(14)12-16/h2-3,6-7,10-12,17-19H,4-5,8-9,13H2,1H3. The zero-order chi connectivity index (χ0) is 14.7. The van der Waals surface area contributed by atoms with Crippen LogP contribution in [-0.4, -0.2) is 22.3 Å². The Morgan fingerprint density at radius 2 is 1.86 bits per heavy atom. The monoisotopic (exact) mass is 301 g/mol. The topological polar surface area (TPSA) is 29.1 Å². The summed E-state index contributed by atoms with van der Waals surface area (Å²) in [6.07, 6.45) is 4.77. The van der Waals surface area contributed by atoms with E-state index in [9.17, 15) is 4.21 Å². The number of benzene rings is 2. The highest BCUT2D eigenvalue weighted by Crippen LogP contribution is 2.26. The van der Waals surface area contributed by atoms with Crippen molar-refractivity contribution in [2.75, 3.05) is 12.8 Å². The molecule has 1 saturated carbocycles. The number of hydrogen-bond donors (Lipinski definition) is 1. The van der Waals surface area contributed by atoms with Crippen LogP contribution in [0.25, 0.3) is 10.8 Å². The minimum absolute atomic E-state index is 0.177. The smallest absolute Gasteiger partial charge is 0.0434 e. The molecule has 0 bridgehead atoms. The Balaban J connectivity index is 1.78. The van der Waals surface area contributed by atoms with Gasteiger partial charge in [-0.2, -0.15) is 0 Å². The first-order chi connectivity index (χ1) is 10.3. The molecule has 1 fully saturated rings. The minimum Gasteiger partial charge on any atom is -0.312 e. The Hall–Kier alpha value is -1.19. The fourth-order valence-electron chi connectivity index (χ4n) is 3.22. The van der Waals surface area contributed by atoms with Gasteiger partial charge in [-0.05, 0) is 42.3 Å². The Bertz CT molecular complexity index is 634. The third-order valence-electron chi connectivity index (χ3n) is 4.53. The summed E-state index contributed by atoms with van der Waals surface area (Å²) in [5.74, 6) is 0.722. The highest BCUT2D eigenvalue weighted by Gasteiger charge is 2.24. The van der Waals surface area contributed by atoms with Gasteiger partial charge in [0.05, 0.1) is 0 Å². The van der Waals surface area contributed by atoms with E-state index in [1.165, 1.54) is 29.2 Å². The molecule has 1 aliphatic carbocycles. The van der Waals surface area contributed by atoms with Gasteiger partial charge >= 0.3 is 0 Å². The highest BCUT2D eigenvalue weighted by atomic mass is 32.2. The Labute approximate surface area is 129 Å². The van der Waals surface area contributed by atoms with Crippen LogP contribution in [0, 0.1) is 0 Å². The first kappa shape index (κ1) is 14.7. The lowest BCUT2D eigenvalue weighted by Crippen LogP contribution is -2.26. The average Bonchev–Trinajstić information content (AvgIpc) is 3.06. The zero-order valence-electron chi connectivity index (χ0n) is 12.5. The van der Waals surface area contributed by atoms with Gasteiger partial charge in [0.25, 0.3) is 0 Å². The quantitative estimate of drug-likeness (QED) is 0.910. The normalized spacial score (nSPS) is 18.9. The van der Waals surface area contributed by atoms with Crippen LogP contribution >= 0.6 is 0 Å². The molecule has 0 heterocycles. The second kappa shape index (κ2) is 6.71. The van der Waals surface area contributed by atoms with Crippen molar-refractivity contribution >= 4 is 21.6 Å². The van der Waals surface area contributed by atoms with Gasteiger partial charge in [0.1, 0.15) is 0 Å². The lowest BCUT2D eigenvalue weighted by atomic mass is 10.0. The Kier molecular flexibility index (Phi) is 4.71. The van der Waals surface area contributed by atoms with Crippen molar-refractivity contribution < 1.29 is 4.21 Å². The van der Waals surface area contributed by atoms with E-state index in [0.29, 0.717) is 5.25 Å². The lowest BCUT2D eigenvalue weighted by Gasteiger charge is -2.19. The molecule has 2 aromatic carbocycles. The van der Waals surface area contributed by atoms with Gasteiger partial charge in [-0.3, -0.25) is 4.21 Å². The molecule has 0 aliphatic heterocycles. The molecule has 1 aliphatic rings. The van der Waals surface area contributed by atoms with E-state index in [1.54, 1.807) is 0 Å². The number of fused-ring (bicyclic) bond motifs is 1. The highest BCUT2D eigenvalue weighted by molar-refractivity contribution is 7.85. The van der Waals surface area contributed by atoms with Gasteiger partial charge in [0.15, 0.2) is 0 Å². The predicted molar refractivity (Wildman–Crippen MR) is 91.0 cm³/mol. The molecule has 2 aromatic rings. The van der Waals surface area contributed by atoms with Gasteiger partial charge in [-0.1, -0.05) is 49.2 Å². The Morgan fingerprint density at radius 1 is 1.14 bits per heavy atom. The van der Waals surface area contributed by atoms with Crippen molar-refractivity contribution in [1.29, 1.82) is 0 Å². The van der Waals surface area contributed by atoms with Gasteiger partial charge in [0, 0.05) is 27.8 Å². The van der Waals surface area contributed by atoms with Crippen LogP contribution in [0.1, 0.15) is 37.3 Å². The summed E-state index contributed by atoms with van der Waals surface area (Å²) in [6, 6.07) is 15.1. The van der Waals surface area contributed by atoms with E-state index in [0.717, 1.165) is 18.6 Å². The molecule has 2 unspecified atom stereocenters. The van der Waals surface area contributed by atoms with Crippen LogP contribution in [0.4, 0.5) is 0 Å². The van der Waals surface area contributed by atoms with Crippen molar-refractivity contribution in [2.45, 2.75) is 37.0 Å². The van der Waals surface area contributed by atoms with Crippen LogP contribution in [-0.2, 0) is 10.8 Å². The van der Waals surface area contributed by atoms with E-state index in [2.05, 4.69) is 47.8 Å². The largest absolute Gasteiger partial charge is 0.312 e. The molecule has 3 heteroatoms. The molecule has 1 N–H and O–H groups in total. The van der Waals surface area contributed by atoms with E-state index in [-0.39, 0.29) is 6.04 Å². The molecule has 112 valence electrons. The molecule has 2 atom stereocenters. The number of hydrogen-bond acceptors (Lipinski definition) is 2. The van der Waals surface area contributed by atoms with Crippen molar-refractivity contribution in [3.8, 4) is 0 Å². The van der Waals surface area contributed by atoms with Crippen LogP contribution in [0.15, 0.2) is 42.5 Å². The molecule has 0 saturated heterocycles. The van der Waals surface area contributed by atoms with Crippen LogP contribution < -0.4 is 5.32 Å². The van der Waals surface area contributed by atoms with E-state index in [1.807, 2.05) is 7.05 Å². The van der Waals surface area contributed by atoms with E-state index >= 15 is 0 Å². The molecule has 3 rings (SSSR count). The van der Waals surface area contributed by atoms with Gasteiger partial charge in [-0.15, -0.1) is 0 Å². The van der Waals surface area contributed by atoms with Gasteiger partial charge in [0.2, 0.25) is 0 Å². The molecular weight excluding hydrogens is 278 g/mol. The number of nitrogens with one attached hydrogen (secondary N) is 1. The molecule has 0 amide bonds. The fraction of sp³-hybridized carbons (Fsp3) is 0.444. The Morgan fingerprint density at radius 3 is 2.57 bits per heavy atom. The summed E-state index contributed by atoms with van der Waals surface area (Å²) in [5.41, 5.74) is 1.24. The average molecular weight is 301 g/mol. The number of rotatable bonds is 5. The van der Waals surface area contributed by atoms with Crippen LogP contribution in [0.5, 0.6) is 0 Å². The maximum atomic E-state index is 12.5. The molecular formula is C18H23NOS. The van der Waals surface area contributed by atoms with Gasteiger partial charge in [-0.25, -0.2) is 0 Å². The predicted octanol–water partition coefficient (Wildman–Crippen LogP) is 3.79. The second-order valence-electron chi connectivity index (χ2n) is 5.90. The maximum Gasteiger partial charge on any atom is 0.0434 e. The van der Waals surface area contributed by atoms with Crippen molar-refractivity contribution in [2.24, 2.45) is 0 Å². The summed E-state index contributed by atoms with van der Waals surface area (Å²) in [6.45, 7) is 0. The van der Waals surface area contributed by atoms with E-state index in [4.69, 9.17) is 0 Å². The summed E-state index contributed by atoms with van der Waals surface area (Å²) < 4.78 is 12.5. The first-order valence-electron chi connectivity index (χ1n) is 7.81. The molecule has 0 spiro atoms. The first-order valence-corrected chi connectivity index (χ1v) is 9.19. The third-order valence-corrected chi connectivity index (χ3v) is 6.41. The third kappa shape index (κ3) is 3.35. The maximum absolute atomic E-state index is 12.5. The van der Waals surface area contributed by atoms with Crippen LogP contribution in [0.3, 0.4) is 0 Å². The van der Waals surface area contributed by atoms with Crippen LogP contribution in [0.2, 0.25) is 0 Å². The summed E-state index contributed by atoms with van der Waals surface area (Å²) in [5, 5.41) is 6.27. The summed E-state index contributed by atoms with van der Waals surface area (Å²) in [4.78, 5) is 0. The zero-order valence-corrected chi connectivity index (χ0v) is 13.4.